The van der Waals surface area contributed by atoms with Crippen LogP contribution < -0.4 is 10.6 Å². The molecule has 1 saturated heterocycles. The molecule has 2 rings (SSSR count). The average molecular weight is 327 g/mol. The van der Waals surface area contributed by atoms with E-state index in [1.165, 1.54) is 6.07 Å². The molecule has 1 aliphatic heterocycles. The lowest BCUT2D eigenvalue weighted by atomic mass is 9.99. The molecule has 3 N–H and O–H groups in total. The molecule has 0 aliphatic carbocycles. The summed E-state index contributed by atoms with van der Waals surface area (Å²) in [5.41, 5.74) is -0.238. The lowest BCUT2D eigenvalue weighted by Crippen LogP contribution is -2.48. The zero-order valence-corrected chi connectivity index (χ0v) is 12.1. The van der Waals surface area contributed by atoms with Crippen molar-refractivity contribution < 1.29 is 14.7 Å². The highest BCUT2D eigenvalue weighted by atomic mass is 79.9. The molecule has 1 aromatic carbocycles. The molecular formula is C13H15BrN2O3. The summed E-state index contributed by atoms with van der Waals surface area (Å²) in [5.74, 6) is -1.27. The Morgan fingerprint density at radius 3 is 2.79 bits per heavy atom. The standard InChI is InChI=1S/C13H15BrN2O3/c1-13(5-2-6-15-13)12(19)16-10-7-8(14)3-4-9(10)11(17)18/h3-4,7,15H,2,5-6H2,1H3,(H,16,19)(H,17,18). The van der Waals surface area contributed by atoms with Crippen molar-refractivity contribution in [1.29, 1.82) is 0 Å². The van der Waals surface area contributed by atoms with Crippen LogP contribution in [0.5, 0.6) is 0 Å². The molecule has 1 heterocycles. The van der Waals surface area contributed by atoms with Gasteiger partial charge in [0.05, 0.1) is 16.8 Å². The van der Waals surface area contributed by atoms with E-state index in [4.69, 9.17) is 5.11 Å². The number of aromatic carboxylic acids is 1. The zero-order chi connectivity index (χ0) is 14.0. The number of hydrogen-bond acceptors (Lipinski definition) is 3. The first-order valence-corrected chi connectivity index (χ1v) is 6.81. The predicted octanol–water partition coefficient (Wildman–Crippen LogP) is 2.23. The summed E-state index contributed by atoms with van der Waals surface area (Å²) in [5, 5.41) is 15.0. The monoisotopic (exact) mass is 326 g/mol. The van der Waals surface area contributed by atoms with Gasteiger partial charge in [0.2, 0.25) is 5.91 Å². The van der Waals surface area contributed by atoms with Crippen molar-refractivity contribution in [1.82, 2.24) is 5.32 Å². The van der Waals surface area contributed by atoms with Gasteiger partial charge in [-0.15, -0.1) is 0 Å². The lowest BCUT2D eigenvalue weighted by Gasteiger charge is -2.23. The highest BCUT2D eigenvalue weighted by molar-refractivity contribution is 9.10. The molecule has 0 radical (unpaired) electrons. The predicted molar refractivity (Wildman–Crippen MR) is 75.4 cm³/mol. The van der Waals surface area contributed by atoms with Gasteiger partial charge in [0.25, 0.3) is 0 Å². The van der Waals surface area contributed by atoms with Crippen LogP contribution in [0.15, 0.2) is 22.7 Å². The summed E-state index contributed by atoms with van der Waals surface area (Å²) >= 11 is 3.27. The number of anilines is 1. The Labute approximate surface area is 119 Å². The van der Waals surface area contributed by atoms with Gasteiger partial charge in [-0.25, -0.2) is 4.79 Å². The number of halogens is 1. The number of hydrogen-bond donors (Lipinski definition) is 3. The van der Waals surface area contributed by atoms with Crippen LogP contribution in [0, 0.1) is 0 Å². The van der Waals surface area contributed by atoms with Gasteiger partial charge >= 0.3 is 5.97 Å². The molecule has 0 saturated carbocycles. The first-order chi connectivity index (χ1) is 8.92. The van der Waals surface area contributed by atoms with Gasteiger partial charge in [0, 0.05) is 4.47 Å². The smallest absolute Gasteiger partial charge is 0.337 e. The van der Waals surface area contributed by atoms with Gasteiger partial charge in [0.15, 0.2) is 0 Å². The summed E-state index contributed by atoms with van der Waals surface area (Å²) in [6.07, 6.45) is 1.68. The summed E-state index contributed by atoms with van der Waals surface area (Å²) in [6.45, 7) is 2.63. The quantitative estimate of drug-likeness (QED) is 0.795. The van der Waals surface area contributed by atoms with Crippen LogP contribution in [-0.2, 0) is 4.79 Å². The summed E-state index contributed by atoms with van der Waals surface area (Å²) in [4.78, 5) is 23.4. The van der Waals surface area contributed by atoms with Crippen LogP contribution in [-0.4, -0.2) is 29.1 Å². The van der Waals surface area contributed by atoms with Crippen LogP contribution in [0.25, 0.3) is 0 Å². The van der Waals surface area contributed by atoms with Crippen molar-refractivity contribution in [3.05, 3.63) is 28.2 Å². The molecule has 1 aromatic rings. The summed E-state index contributed by atoms with van der Waals surface area (Å²) in [7, 11) is 0. The van der Waals surface area contributed by atoms with Crippen molar-refractivity contribution in [3.63, 3.8) is 0 Å². The lowest BCUT2D eigenvalue weighted by molar-refractivity contribution is -0.121. The van der Waals surface area contributed by atoms with Crippen molar-refractivity contribution in [2.45, 2.75) is 25.3 Å². The minimum atomic E-state index is -1.06. The zero-order valence-electron chi connectivity index (χ0n) is 10.5. The minimum Gasteiger partial charge on any atom is -0.478 e. The molecule has 0 bridgehead atoms. The fraction of sp³-hybridized carbons (Fsp3) is 0.385. The number of rotatable bonds is 3. The van der Waals surface area contributed by atoms with E-state index >= 15 is 0 Å². The van der Waals surface area contributed by atoms with Gasteiger partial charge in [0.1, 0.15) is 0 Å². The van der Waals surface area contributed by atoms with E-state index in [0.717, 1.165) is 23.9 Å². The molecule has 19 heavy (non-hydrogen) atoms. The van der Waals surface area contributed by atoms with E-state index in [9.17, 15) is 9.59 Å². The maximum atomic E-state index is 12.2. The maximum Gasteiger partial charge on any atom is 0.337 e. The largest absolute Gasteiger partial charge is 0.478 e. The second-order valence-electron chi connectivity index (χ2n) is 4.81. The topological polar surface area (TPSA) is 78.4 Å². The Morgan fingerprint density at radius 1 is 1.47 bits per heavy atom. The Morgan fingerprint density at radius 2 is 2.21 bits per heavy atom. The Bertz CT molecular complexity index is 525. The van der Waals surface area contributed by atoms with E-state index in [0.29, 0.717) is 5.69 Å². The van der Waals surface area contributed by atoms with Crippen molar-refractivity contribution in [3.8, 4) is 0 Å². The molecule has 1 amide bonds. The van der Waals surface area contributed by atoms with Crippen LogP contribution in [0.1, 0.15) is 30.1 Å². The molecule has 6 heteroatoms. The van der Waals surface area contributed by atoms with E-state index in [2.05, 4.69) is 26.6 Å². The first kappa shape index (κ1) is 14.0. The molecule has 0 aromatic heterocycles. The molecule has 1 unspecified atom stereocenters. The molecule has 1 atom stereocenters. The highest BCUT2D eigenvalue weighted by Gasteiger charge is 2.36. The van der Waals surface area contributed by atoms with Crippen LogP contribution in [0.4, 0.5) is 5.69 Å². The molecular weight excluding hydrogens is 312 g/mol. The minimum absolute atomic E-state index is 0.0816. The van der Waals surface area contributed by atoms with Gasteiger partial charge in [-0.1, -0.05) is 15.9 Å². The SMILES string of the molecule is CC1(C(=O)Nc2cc(Br)ccc2C(=O)O)CCCN1. The van der Waals surface area contributed by atoms with E-state index < -0.39 is 11.5 Å². The normalized spacial score (nSPS) is 22.2. The third kappa shape index (κ3) is 2.96. The van der Waals surface area contributed by atoms with Crippen molar-refractivity contribution in [2.24, 2.45) is 0 Å². The number of benzene rings is 1. The third-order valence-electron chi connectivity index (χ3n) is 3.33. The van der Waals surface area contributed by atoms with Gasteiger partial charge in [-0.3, -0.25) is 4.79 Å². The highest BCUT2D eigenvalue weighted by Crippen LogP contribution is 2.25. The van der Waals surface area contributed by atoms with Gasteiger partial charge in [-0.05, 0) is 44.5 Å². The van der Waals surface area contributed by atoms with Gasteiger partial charge < -0.3 is 15.7 Å². The molecule has 102 valence electrons. The Kier molecular flexibility index (Phi) is 3.91. The molecule has 1 aliphatic rings. The fourth-order valence-corrected chi connectivity index (χ4v) is 2.52. The second-order valence-corrected chi connectivity index (χ2v) is 5.73. The molecule has 5 nitrogen and oxygen atoms in total. The summed E-state index contributed by atoms with van der Waals surface area (Å²) in [6, 6.07) is 4.70. The number of carboxylic acid groups (broad SMARTS) is 1. The van der Waals surface area contributed by atoms with E-state index in [1.807, 2.05) is 6.92 Å². The number of carboxylic acids is 1. The number of nitrogens with one attached hydrogen (secondary N) is 2. The molecule has 0 spiro atoms. The summed E-state index contributed by atoms with van der Waals surface area (Å²) < 4.78 is 0.720. The van der Waals surface area contributed by atoms with Crippen molar-refractivity contribution in [2.75, 3.05) is 11.9 Å². The van der Waals surface area contributed by atoms with Crippen molar-refractivity contribution >= 4 is 33.5 Å². The van der Waals surface area contributed by atoms with Crippen LogP contribution in [0.2, 0.25) is 0 Å². The Balaban J connectivity index is 2.25. The van der Waals surface area contributed by atoms with Crippen LogP contribution in [0.3, 0.4) is 0 Å². The van der Waals surface area contributed by atoms with Crippen LogP contribution >= 0.6 is 15.9 Å². The van der Waals surface area contributed by atoms with Gasteiger partial charge in [-0.2, -0.15) is 0 Å². The third-order valence-corrected chi connectivity index (χ3v) is 3.82. The van der Waals surface area contributed by atoms with E-state index in [1.54, 1.807) is 12.1 Å². The average Bonchev–Trinajstić information content (AvgIpc) is 2.77. The Hall–Kier alpha value is -1.40. The first-order valence-electron chi connectivity index (χ1n) is 6.02. The number of amides is 1. The number of carbonyl (C=O) groups is 2. The molecule has 1 fully saturated rings. The second kappa shape index (κ2) is 5.30. The van der Waals surface area contributed by atoms with E-state index in [-0.39, 0.29) is 11.5 Å². The fourth-order valence-electron chi connectivity index (χ4n) is 2.16. The number of carbonyl (C=O) groups excluding carboxylic acids is 1. The maximum absolute atomic E-state index is 12.2.